The zero-order valence-corrected chi connectivity index (χ0v) is 13.7. The topological polar surface area (TPSA) is 17.0 Å². The zero-order valence-electron chi connectivity index (χ0n) is 13.7. The Kier molecular flexibility index (Phi) is 4.34. The number of fused-ring (bicyclic) bond motifs is 1. The van der Waals surface area contributed by atoms with E-state index in [2.05, 4.69) is 48.9 Å². The molecule has 0 aliphatic heterocycles. The van der Waals surface area contributed by atoms with Crippen LogP contribution in [-0.2, 0) is 13.1 Å². The van der Waals surface area contributed by atoms with E-state index in [4.69, 9.17) is 0 Å². The minimum atomic E-state index is 0.780. The number of unbranched alkanes of at least 4 members (excludes halogenated alkanes) is 2. The predicted octanol–water partition coefficient (Wildman–Crippen LogP) is 4.70. The van der Waals surface area contributed by atoms with E-state index in [1.165, 1.54) is 59.8 Å². The van der Waals surface area contributed by atoms with Crippen molar-refractivity contribution in [2.75, 3.05) is 0 Å². The van der Waals surface area contributed by atoms with Gasteiger partial charge in [-0.1, -0.05) is 25.8 Å². The highest BCUT2D eigenvalue weighted by Gasteiger charge is 2.20. The van der Waals surface area contributed by atoms with Crippen molar-refractivity contribution >= 4 is 10.9 Å². The van der Waals surface area contributed by atoms with Gasteiger partial charge in [0.15, 0.2) is 0 Å². The van der Waals surface area contributed by atoms with E-state index >= 15 is 0 Å². The molecule has 0 amide bonds. The van der Waals surface area contributed by atoms with Crippen molar-refractivity contribution in [1.29, 1.82) is 0 Å². The van der Waals surface area contributed by atoms with Gasteiger partial charge in [-0.05, 0) is 56.4 Å². The smallest absolute Gasteiger partial charge is 0.0485 e. The van der Waals surface area contributed by atoms with Gasteiger partial charge in [0.05, 0.1) is 0 Å². The highest BCUT2D eigenvalue weighted by molar-refractivity contribution is 5.86. The third kappa shape index (κ3) is 3.16. The van der Waals surface area contributed by atoms with Gasteiger partial charge in [0, 0.05) is 35.7 Å². The van der Waals surface area contributed by atoms with Crippen LogP contribution in [0.5, 0.6) is 0 Å². The first-order chi connectivity index (χ1) is 10.2. The Labute approximate surface area is 128 Å². The molecule has 1 aliphatic rings. The summed E-state index contributed by atoms with van der Waals surface area (Å²) in [6.45, 7) is 8.98. The Morgan fingerprint density at radius 3 is 2.71 bits per heavy atom. The van der Waals surface area contributed by atoms with Gasteiger partial charge in [0.2, 0.25) is 0 Å². The number of benzene rings is 1. The number of aromatic nitrogens is 1. The first-order valence-corrected chi connectivity index (χ1v) is 8.52. The van der Waals surface area contributed by atoms with Crippen LogP contribution in [-0.4, -0.2) is 10.6 Å². The molecule has 1 fully saturated rings. The molecule has 1 aromatic carbocycles. The highest BCUT2D eigenvalue weighted by Crippen LogP contribution is 2.27. The van der Waals surface area contributed by atoms with Crippen molar-refractivity contribution in [2.24, 2.45) is 0 Å². The molecule has 0 spiro atoms. The second-order valence-corrected chi connectivity index (χ2v) is 6.58. The molecule has 2 nitrogen and oxygen atoms in total. The van der Waals surface area contributed by atoms with Gasteiger partial charge in [-0.25, -0.2) is 0 Å². The van der Waals surface area contributed by atoms with Crippen LogP contribution in [0.4, 0.5) is 0 Å². The summed E-state index contributed by atoms with van der Waals surface area (Å²) in [6.07, 6.45) is 6.60. The monoisotopic (exact) mass is 284 g/mol. The lowest BCUT2D eigenvalue weighted by molar-refractivity contribution is 0.606. The maximum absolute atomic E-state index is 3.61. The van der Waals surface area contributed by atoms with Gasteiger partial charge in [0.25, 0.3) is 0 Å². The van der Waals surface area contributed by atoms with Crippen LogP contribution < -0.4 is 5.32 Å². The van der Waals surface area contributed by atoms with Gasteiger partial charge >= 0.3 is 0 Å². The second kappa shape index (κ2) is 6.23. The number of hydrogen-bond donors (Lipinski definition) is 1. The molecule has 2 heteroatoms. The van der Waals surface area contributed by atoms with Crippen LogP contribution in [0.15, 0.2) is 18.2 Å². The number of aryl methyl sites for hydroxylation is 2. The van der Waals surface area contributed by atoms with Gasteiger partial charge < -0.3 is 9.88 Å². The molecule has 3 rings (SSSR count). The average molecular weight is 284 g/mol. The Morgan fingerprint density at radius 1 is 1.19 bits per heavy atom. The molecule has 1 saturated carbocycles. The van der Waals surface area contributed by atoms with Crippen LogP contribution in [0.25, 0.3) is 10.9 Å². The van der Waals surface area contributed by atoms with Crippen molar-refractivity contribution in [2.45, 2.75) is 72.0 Å². The molecular weight excluding hydrogens is 256 g/mol. The van der Waals surface area contributed by atoms with Crippen molar-refractivity contribution in [1.82, 2.24) is 9.88 Å². The molecule has 114 valence electrons. The van der Waals surface area contributed by atoms with E-state index in [1.807, 2.05) is 0 Å². The summed E-state index contributed by atoms with van der Waals surface area (Å²) in [5, 5.41) is 5.06. The number of nitrogens with zero attached hydrogens (tertiary/aromatic N) is 1. The summed E-state index contributed by atoms with van der Waals surface area (Å²) in [6, 6.07) is 7.80. The molecule has 0 saturated heterocycles. The zero-order chi connectivity index (χ0) is 14.8. The van der Waals surface area contributed by atoms with Gasteiger partial charge in [-0.2, -0.15) is 0 Å². The lowest BCUT2D eigenvalue weighted by atomic mass is 10.1. The standard InChI is InChI=1S/C19H28N2/c1-4-5-6-11-21-15(3)14(2)18-12-16(7-10-19(18)21)13-20-17-8-9-17/h7,10,12,17,20H,4-6,8-9,11,13H2,1-3H3. The quantitative estimate of drug-likeness (QED) is 0.729. The highest BCUT2D eigenvalue weighted by atomic mass is 15.0. The maximum atomic E-state index is 3.61. The first-order valence-electron chi connectivity index (χ1n) is 8.52. The lowest BCUT2D eigenvalue weighted by Crippen LogP contribution is -2.15. The van der Waals surface area contributed by atoms with E-state index < -0.39 is 0 Å². The van der Waals surface area contributed by atoms with Gasteiger partial charge in [0.1, 0.15) is 0 Å². The maximum Gasteiger partial charge on any atom is 0.0485 e. The van der Waals surface area contributed by atoms with Gasteiger partial charge in [-0.15, -0.1) is 0 Å². The minimum absolute atomic E-state index is 0.780. The summed E-state index contributed by atoms with van der Waals surface area (Å²) in [7, 11) is 0. The molecule has 1 aliphatic carbocycles. The molecule has 0 atom stereocenters. The van der Waals surface area contributed by atoms with Crippen LogP contribution in [0, 0.1) is 13.8 Å². The Bertz CT molecular complexity index is 620. The molecule has 0 unspecified atom stereocenters. The second-order valence-electron chi connectivity index (χ2n) is 6.58. The third-order valence-corrected chi connectivity index (χ3v) is 4.86. The molecule has 21 heavy (non-hydrogen) atoms. The summed E-state index contributed by atoms with van der Waals surface area (Å²) in [5.41, 5.74) is 5.72. The summed E-state index contributed by atoms with van der Waals surface area (Å²) >= 11 is 0. The van der Waals surface area contributed by atoms with E-state index in [0.717, 1.165) is 19.1 Å². The number of hydrogen-bond acceptors (Lipinski definition) is 1. The Hall–Kier alpha value is -1.28. The van der Waals surface area contributed by atoms with E-state index in [9.17, 15) is 0 Å². The normalized spacial score (nSPS) is 15.0. The van der Waals surface area contributed by atoms with Crippen molar-refractivity contribution in [3.05, 3.63) is 35.0 Å². The van der Waals surface area contributed by atoms with Crippen LogP contribution >= 0.6 is 0 Å². The third-order valence-electron chi connectivity index (χ3n) is 4.86. The van der Waals surface area contributed by atoms with Crippen molar-refractivity contribution < 1.29 is 0 Å². The fraction of sp³-hybridized carbons (Fsp3) is 0.579. The molecule has 0 bridgehead atoms. The van der Waals surface area contributed by atoms with E-state index in [1.54, 1.807) is 0 Å². The molecule has 1 heterocycles. The van der Waals surface area contributed by atoms with Crippen LogP contribution in [0.3, 0.4) is 0 Å². The summed E-state index contributed by atoms with van der Waals surface area (Å²) < 4.78 is 2.51. The Balaban J connectivity index is 1.84. The average Bonchev–Trinajstić information content (AvgIpc) is 3.29. The lowest BCUT2D eigenvalue weighted by Gasteiger charge is -2.08. The predicted molar refractivity (Wildman–Crippen MR) is 90.8 cm³/mol. The van der Waals surface area contributed by atoms with Crippen molar-refractivity contribution in [3.63, 3.8) is 0 Å². The van der Waals surface area contributed by atoms with E-state index in [-0.39, 0.29) is 0 Å². The fourth-order valence-corrected chi connectivity index (χ4v) is 3.16. The molecular formula is C19H28N2. The number of rotatable bonds is 7. The minimum Gasteiger partial charge on any atom is -0.345 e. The van der Waals surface area contributed by atoms with Crippen molar-refractivity contribution in [3.8, 4) is 0 Å². The molecule has 1 aromatic heterocycles. The Morgan fingerprint density at radius 2 is 2.00 bits per heavy atom. The summed E-state index contributed by atoms with van der Waals surface area (Å²) in [4.78, 5) is 0. The largest absolute Gasteiger partial charge is 0.345 e. The summed E-state index contributed by atoms with van der Waals surface area (Å²) in [5.74, 6) is 0. The SMILES string of the molecule is CCCCCn1c(C)c(C)c2cc(CNC3CC3)ccc21. The molecule has 0 radical (unpaired) electrons. The molecule has 2 aromatic rings. The fourth-order valence-electron chi connectivity index (χ4n) is 3.16. The van der Waals surface area contributed by atoms with Crippen LogP contribution in [0.2, 0.25) is 0 Å². The molecule has 1 N–H and O–H groups in total. The number of nitrogens with one attached hydrogen (secondary N) is 1. The van der Waals surface area contributed by atoms with Crippen LogP contribution in [0.1, 0.15) is 55.8 Å². The first kappa shape index (κ1) is 14.6. The van der Waals surface area contributed by atoms with E-state index in [0.29, 0.717) is 0 Å². The van der Waals surface area contributed by atoms with Gasteiger partial charge in [-0.3, -0.25) is 0 Å².